The predicted octanol–water partition coefficient (Wildman–Crippen LogP) is 1.91. The van der Waals surface area contributed by atoms with Crippen molar-refractivity contribution in [3.05, 3.63) is 35.4 Å². The minimum atomic E-state index is -0.326. The highest BCUT2D eigenvalue weighted by atomic mass is 32.2. The summed E-state index contributed by atoms with van der Waals surface area (Å²) in [4.78, 5) is 14.9. The molecule has 0 spiro atoms. The predicted molar refractivity (Wildman–Crippen MR) is 65.1 cm³/mol. The van der Waals surface area contributed by atoms with Gasteiger partial charge in [0.2, 0.25) is 0 Å². The zero-order valence-corrected chi connectivity index (χ0v) is 9.46. The molecule has 0 saturated heterocycles. The zero-order chi connectivity index (χ0) is 11.3. The Labute approximate surface area is 93.8 Å². The first-order valence-corrected chi connectivity index (χ1v) is 5.62. The summed E-state index contributed by atoms with van der Waals surface area (Å²) in [6.45, 7) is 5.26. The van der Waals surface area contributed by atoms with E-state index in [0.29, 0.717) is 5.88 Å². The van der Waals surface area contributed by atoms with Gasteiger partial charge in [-0.2, -0.15) is 0 Å². The van der Waals surface area contributed by atoms with Crippen molar-refractivity contribution in [1.82, 2.24) is 0 Å². The topological polar surface area (TPSA) is 55.5 Å². The van der Waals surface area contributed by atoms with E-state index >= 15 is 0 Å². The number of benzene rings is 1. The number of aryl methyl sites for hydroxylation is 1. The lowest BCUT2D eigenvalue weighted by molar-refractivity contribution is -0.117. The van der Waals surface area contributed by atoms with Gasteiger partial charge < -0.3 is 5.73 Å². The van der Waals surface area contributed by atoms with Gasteiger partial charge >= 0.3 is 0 Å². The molecule has 80 valence electrons. The summed E-state index contributed by atoms with van der Waals surface area (Å²) in [5.41, 5.74) is 7.52. The van der Waals surface area contributed by atoms with Crippen LogP contribution in [0.3, 0.4) is 0 Å². The molecule has 0 aliphatic carbocycles. The first-order chi connectivity index (χ1) is 7.19. The number of hydrogen-bond donors (Lipinski definition) is 1. The summed E-state index contributed by atoms with van der Waals surface area (Å²) in [7, 11) is 0. The fraction of sp³-hybridized carbons (Fsp3) is 0.273. The van der Waals surface area contributed by atoms with E-state index in [1.54, 1.807) is 0 Å². The Kier molecular flexibility index (Phi) is 4.52. The lowest BCUT2D eigenvalue weighted by Gasteiger charge is -2.11. The second kappa shape index (κ2) is 5.68. The zero-order valence-electron chi connectivity index (χ0n) is 8.64. The number of aliphatic imine (C=N–C) groups is 1. The van der Waals surface area contributed by atoms with Crippen LogP contribution in [0.2, 0.25) is 0 Å². The van der Waals surface area contributed by atoms with E-state index in [0.717, 1.165) is 11.1 Å². The smallest absolute Gasteiger partial charge is 0.262 e. The van der Waals surface area contributed by atoms with Crippen LogP contribution in [0.25, 0.3) is 0 Å². The molecule has 2 N–H and O–H groups in total. The molecule has 1 atom stereocenters. The van der Waals surface area contributed by atoms with E-state index in [2.05, 4.69) is 11.7 Å². The number of carbonyl (C=O) groups excluding carboxylic acids is 1. The van der Waals surface area contributed by atoms with Crippen molar-refractivity contribution < 1.29 is 4.79 Å². The summed E-state index contributed by atoms with van der Waals surface area (Å²) in [6, 6.07) is 7.78. The Morgan fingerprint density at radius 2 is 2.13 bits per heavy atom. The third kappa shape index (κ3) is 3.18. The Morgan fingerprint density at radius 1 is 1.53 bits per heavy atom. The van der Waals surface area contributed by atoms with Crippen LogP contribution < -0.4 is 5.73 Å². The van der Waals surface area contributed by atoms with Crippen LogP contribution in [0.1, 0.15) is 16.4 Å². The first kappa shape index (κ1) is 11.9. The van der Waals surface area contributed by atoms with Crippen LogP contribution >= 0.6 is 11.8 Å². The first-order valence-electron chi connectivity index (χ1n) is 4.58. The van der Waals surface area contributed by atoms with Gasteiger partial charge in [0, 0.05) is 5.88 Å². The van der Waals surface area contributed by atoms with E-state index in [1.807, 2.05) is 31.2 Å². The fourth-order valence-electron chi connectivity index (χ4n) is 1.23. The monoisotopic (exact) mass is 222 g/mol. The molecule has 0 aliphatic heterocycles. The van der Waals surface area contributed by atoms with Crippen LogP contribution in [0.4, 0.5) is 0 Å². The number of nitrogens with zero attached hydrogens (tertiary/aromatic N) is 1. The molecule has 1 unspecified atom stereocenters. The maximum Gasteiger partial charge on any atom is 0.262 e. The summed E-state index contributed by atoms with van der Waals surface area (Å²) in [5.74, 6) is 0.147. The summed E-state index contributed by atoms with van der Waals surface area (Å²) in [5, 5.41) is -0.326. The number of rotatable bonds is 4. The lowest BCUT2D eigenvalue weighted by atomic mass is 10.1. The molecular formula is C11H14N2OS. The molecule has 0 heterocycles. The second-order valence-electron chi connectivity index (χ2n) is 3.12. The third-order valence-corrected chi connectivity index (χ3v) is 3.02. The van der Waals surface area contributed by atoms with Crippen LogP contribution in [-0.4, -0.2) is 18.5 Å². The Bertz CT molecular complexity index is 348. The molecule has 1 aromatic rings. The van der Waals surface area contributed by atoms with E-state index in [4.69, 9.17) is 5.73 Å². The molecule has 3 nitrogen and oxygen atoms in total. The van der Waals surface area contributed by atoms with Gasteiger partial charge in [-0.15, -0.1) is 11.8 Å². The van der Waals surface area contributed by atoms with Crippen molar-refractivity contribution in [3.63, 3.8) is 0 Å². The van der Waals surface area contributed by atoms with E-state index < -0.39 is 0 Å². The standard InChI is InChI=1S/C11H14N2OS/c1-8-3-5-9(6-4-8)10(15-7-12)11(14)13-2/h3-6,10H,2,7,12H2,1H3. The molecule has 0 saturated carbocycles. The van der Waals surface area contributed by atoms with Gasteiger partial charge in [0.25, 0.3) is 5.91 Å². The van der Waals surface area contributed by atoms with Crippen LogP contribution in [0, 0.1) is 6.92 Å². The Morgan fingerprint density at radius 3 is 2.60 bits per heavy atom. The molecule has 4 heteroatoms. The average Bonchev–Trinajstić information content (AvgIpc) is 2.26. The van der Waals surface area contributed by atoms with Crippen molar-refractivity contribution in [2.24, 2.45) is 10.7 Å². The molecule has 0 aliphatic rings. The number of nitrogens with two attached hydrogens (primary N) is 1. The summed E-state index contributed by atoms with van der Waals surface area (Å²) in [6.07, 6.45) is 0. The lowest BCUT2D eigenvalue weighted by Crippen LogP contribution is -2.09. The number of thioether (sulfide) groups is 1. The van der Waals surface area contributed by atoms with Crippen LogP contribution in [0.5, 0.6) is 0 Å². The van der Waals surface area contributed by atoms with Gasteiger partial charge in [-0.25, -0.2) is 4.99 Å². The van der Waals surface area contributed by atoms with Crippen molar-refractivity contribution >= 4 is 24.4 Å². The SMILES string of the molecule is C=NC(=O)C(SCN)c1ccc(C)cc1. The van der Waals surface area contributed by atoms with Gasteiger partial charge in [0.05, 0.1) is 0 Å². The Hall–Kier alpha value is -1.13. The maximum atomic E-state index is 11.5. The Balaban J connectivity index is 2.93. The van der Waals surface area contributed by atoms with E-state index in [9.17, 15) is 4.79 Å². The van der Waals surface area contributed by atoms with Gasteiger partial charge in [0.15, 0.2) is 0 Å². The molecule has 15 heavy (non-hydrogen) atoms. The fourth-order valence-corrected chi connectivity index (χ4v) is 1.99. The number of hydrogen-bond acceptors (Lipinski definition) is 3. The molecule has 1 aromatic carbocycles. The van der Waals surface area contributed by atoms with Gasteiger partial charge in [-0.05, 0) is 19.2 Å². The van der Waals surface area contributed by atoms with Crippen LogP contribution in [-0.2, 0) is 4.79 Å². The molecule has 0 radical (unpaired) electrons. The number of amides is 1. The van der Waals surface area contributed by atoms with Crippen molar-refractivity contribution in [3.8, 4) is 0 Å². The summed E-state index contributed by atoms with van der Waals surface area (Å²) >= 11 is 1.36. The minimum absolute atomic E-state index is 0.241. The second-order valence-corrected chi connectivity index (χ2v) is 4.26. The highest BCUT2D eigenvalue weighted by Crippen LogP contribution is 2.29. The minimum Gasteiger partial charge on any atom is -0.322 e. The third-order valence-electron chi connectivity index (χ3n) is 2.02. The van der Waals surface area contributed by atoms with Crippen molar-refractivity contribution in [2.45, 2.75) is 12.2 Å². The molecule has 1 amide bonds. The number of carbonyl (C=O) groups is 1. The van der Waals surface area contributed by atoms with Gasteiger partial charge in [0.1, 0.15) is 5.25 Å². The highest BCUT2D eigenvalue weighted by Gasteiger charge is 2.18. The van der Waals surface area contributed by atoms with Gasteiger partial charge in [-0.3, -0.25) is 4.79 Å². The average molecular weight is 222 g/mol. The molecule has 0 aromatic heterocycles. The quantitative estimate of drug-likeness (QED) is 0.625. The van der Waals surface area contributed by atoms with E-state index in [1.165, 1.54) is 11.8 Å². The molecule has 1 rings (SSSR count). The summed E-state index contributed by atoms with van der Waals surface area (Å²) < 4.78 is 0. The highest BCUT2D eigenvalue weighted by molar-refractivity contribution is 8.00. The van der Waals surface area contributed by atoms with Gasteiger partial charge in [-0.1, -0.05) is 29.8 Å². The molecular weight excluding hydrogens is 208 g/mol. The normalized spacial score (nSPS) is 12.1. The van der Waals surface area contributed by atoms with E-state index in [-0.39, 0.29) is 11.2 Å². The maximum absolute atomic E-state index is 11.5. The molecule has 0 fully saturated rings. The van der Waals surface area contributed by atoms with Crippen LogP contribution in [0.15, 0.2) is 29.3 Å². The largest absolute Gasteiger partial charge is 0.322 e. The van der Waals surface area contributed by atoms with Crippen molar-refractivity contribution in [1.29, 1.82) is 0 Å². The van der Waals surface area contributed by atoms with Crippen molar-refractivity contribution in [2.75, 3.05) is 5.88 Å². The molecule has 0 bridgehead atoms.